The van der Waals surface area contributed by atoms with E-state index in [0.717, 1.165) is 43.4 Å². The second-order valence-electron chi connectivity index (χ2n) is 5.59. The summed E-state index contributed by atoms with van der Waals surface area (Å²) in [5.41, 5.74) is 3.38. The van der Waals surface area contributed by atoms with Crippen molar-refractivity contribution in [2.45, 2.75) is 18.9 Å². The number of phenols is 2. The Kier molecular flexibility index (Phi) is 6.86. The van der Waals surface area contributed by atoms with Gasteiger partial charge in [0.05, 0.1) is 14.3 Å². The molecule has 0 amide bonds. The third-order valence-electron chi connectivity index (χ3n) is 4.10. The normalized spacial score (nSPS) is 16.2. The van der Waals surface area contributed by atoms with E-state index in [1.165, 1.54) is 5.56 Å². The topological polar surface area (TPSA) is 61.7 Å². The van der Waals surface area contributed by atoms with Crippen molar-refractivity contribution in [3.63, 3.8) is 0 Å². The Balaban J connectivity index is 0.00000208. The molecule has 0 radical (unpaired) electrons. The summed E-state index contributed by atoms with van der Waals surface area (Å²) in [6.07, 6.45) is 1.69. The quantitative estimate of drug-likeness (QED) is 0.381. The number of ether oxygens (including phenoxy) is 1. The molecule has 7 heteroatoms. The number of halogens is 3. The molecule has 1 aliphatic heterocycles. The number of fused-ring (bicyclic) bond motifs is 1. The average molecular weight is 574 g/mol. The zero-order valence-electron chi connectivity index (χ0n) is 13.0. The molecule has 1 aliphatic rings. The summed E-state index contributed by atoms with van der Waals surface area (Å²) < 4.78 is 7.60. The van der Waals surface area contributed by atoms with E-state index in [0.29, 0.717) is 0 Å². The van der Waals surface area contributed by atoms with E-state index in [4.69, 9.17) is 4.74 Å². The lowest BCUT2D eigenvalue weighted by molar-refractivity contribution is 0.398. The number of phenolic OH excluding ortho intramolecular Hbond substituents is 2. The number of hydrogen-bond donors (Lipinski definition) is 3. The predicted octanol–water partition coefficient (Wildman–Crippen LogP) is 4.17. The Labute approximate surface area is 174 Å². The molecule has 0 saturated carbocycles. The maximum Gasteiger partial charge on any atom is 0.157 e. The van der Waals surface area contributed by atoms with Gasteiger partial charge in [-0.1, -0.05) is 0 Å². The van der Waals surface area contributed by atoms with Crippen molar-refractivity contribution < 1.29 is 14.9 Å². The number of rotatable bonds is 3. The first-order valence-electron chi connectivity index (χ1n) is 7.29. The Morgan fingerprint density at radius 3 is 2.38 bits per heavy atom. The highest BCUT2D eigenvalue weighted by Crippen LogP contribution is 2.36. The maximum atomic E-state index is 9.82. The van der Waals surface area contributed by atoms with E-state index in [-0.39, 0.29) is 29.9 Å². The van der Waals surface area contributed by atoms with E-state index in [2.05, 4.69) is 62.6 Å². The third-order valence-corrected chi connectivity index (χ3v) is 5.70. The number of aromatic hydroxyl groups is 2. The SMILES string of the molecule is COc1c(I)cc(CC2NCCc3cc(O)c(O)cc32)cc1I.Cl. The van der Waals surface area contributed by atoms with Crippen LogP contribution in [0, 0.1) is 7.14 Å². The molecule has 2 aromatic carbocycles. The zero-order valence-corrected chi connectivity index (χ0v) is 18.1. The van der Waals surface area contributed by atoms with E-state index < -0.39 is 0 Å². The van der Waals surface area contributed by atoms with Crippen LogP contribution in [0.1, 0.15) is 22.7 Å². The molecule has 24 heavy (non-hydrogen) atoms. The van der Waals surface area contributed by atoms with Crippen molar-refractivity contribution in [3.05, 3.63) is 48.1 Å². The van der Waals surface area contributed by atoms with Crippen molar-refractivity contribution in [3.8, 4) is 17.2 Å². The molecule has 0 spiro atoms. The predicted molar refractivity (Wildman–Crippen MR) is 114 cm³/mol. The highest BCUT2D eigenvalue weighted by molar-refractivity contribution is 14.1. The zero-order chi connectivity index (χ0) is 16.6. The van der Waals surface area contributed by atoms with Gasteiger partial charge in [-0.05, 0) is 106 Å². The Hall–Kier alpha value is -0.450. The molecule has 0 aliphatic carbocycles. The van der Waals surface area contributed by atoms with Crippen LogP contribution in [-0.4, -0.2) is 23.9 Å². The largest absolute Gasteiger partial charge is 0.504 e. The fourth-order valence-corrected chi connectivity index (χ4v) is 5.35. The van der Waals surface area contributed by atoms with E-state index in [9.17, 15) is 10.2 Å². The smallest absolute Gasteiger partial charge is 0.157 e. The van der Waals surface area contributed by atoms with Gasteiger partial charge in [0.1, 0.15) is 5.75 Å². The van der Waals surface area contributed by atoms with Crippen molar-refractivity contribution in [1.29, 1.82) is 0 Å². The molecule has 1 atom stereocenters. The molecule has 3 N–H and O–H groups in total. The third kappa shape index (κ3) is 4.03. The molecule has 4 nitrogen and oxygen atoms in total. The van der Waals surface area contributed by atoms with Crippen molar-refractivity contribution in [2.24, 2.45) is 0 Å². The molecule has 2 aromatic rings. The molecular weight excluding hydrogens is 555 g/mol. The monoisotopic (exact) mass is 573 g/mol. The van der Waals surface area contributed by atoms with Gasteiger partial charge in [-0.2, -0.15) is 0 Å². The molecule has 0 saturated heterocycles. The van der Waals surface area contributed by atoms with Gasteiger partial charge in [-0.15, -0.1) is 12.4 Å². The highest BCUT2D eigenvalue weighted by atomic mass is 127. The van der Waals surface area contributed by atoms with Gasteiger partial charge >= 0.3 is 0 Å². The average Bonchev–Trinajstić information content (AvgIpc) is 2.49. The lowest BCUT2D eigenvalue weighted by Gasteiger charge is -2.27. The molecule has 0 aromatic heterocycles. The molecular formula is C17H18ClI2NO3. The Morgan fingerprint density at radius 2 is 1.75 bits per heavy atom. The van der Waals surface area contributed by atoms with Gasteiger partial charge in [-0.25, -0.2) is 0 Å². The summed E-state index contributed by atoms with van der Waals surface area (Å²) in [7, 11) is 1.69. The summed E-state index contributed by atoms with van der Waals surface area (Å²) in [5.74, 6) is 0.809. The Morgan fingerprint density at radius 1 is 1.12 bits per heavy atom. The first-order chi connectivity index (χ1) is 11.0. The summed E-state index contributed by atoms with van der Waals surface area (Å²) in [6.45, 7) is 0.867. The number of benzene rings is 2. The van der Waals surface area contributed by atoms with Crippen LogP contribution in [0.3, 0.4) is 0 Å². The van der Waals surface area contributed by atoms with Crippen LogP contribution in [0.15, 0.2) is 24.3 Å². The lowest BCUT2D eigenvalue weighted by Crippen LogP contribution is -2.31. The number of hydrogen-bond acceptors (Lipinski definition) is 4. The van der Waals surface area contributed by atoms with Crippen LogP contribution in [-0.2, 0) is 12.8 Å². The summed E-state index contributed by atoms with van der Waals surface area (Å²) in [4.78, 5) is 0. The molecule has 1 heterocycles. The number of nitrogens with one attached hydrogen (secondary N) is 1. The first kappa shape index (κ1) is 19.9. The number of methoxy groups -OCH3 is 1. The molecule has 130 valence electrons. The Bertz CT molecular complexity index is 732. The van der Waals surface area contributed by atoms with Gasteiger partial charge < -0.3 is 20.3 Å². The van der Waals surface area contributed by atoms with Gasteiger partial charge in [0.2, 0.25) is 0 Å². The summed E-state index contributed by atoms with van der Waals surface area (Å²) in [6, 6.07) is 7.77. The summed E-state index contributed by atoms with van der Waals surface area (Å²) >= 11 is 4.58. The molecule has 3 rings (SSSR count). The molecule has 0 fully saturated rings. The minimum atomic E-state index is -0.0589. The van der Waals surface area contributed by atoms with Crippen LogP contribution in [0.5, 0.6) is 17.2 Å². The standard InChI is InChI=1S/C17H17I2NO3.ClH/c1-23-17-12(18)4-9(5-13(17)19)6-14-11-8-16(22)15(21)7-10(11)2-3-20-14;/h4-5,7-8,14,20-22H,2-3,6H2,1H3;1H. The van der Waals surface area contributed by atoms with Crippen molar-refractivity contribution in [1.82, 2.24) is 5.32 Å². The first-order valence-corrected chi connectivity index (χ1v) is 9.45. The molecule has 1 unspecified atom stereocenters. The van der Waals surface area contributed by atoms with Crippen LogP contribution in [0.4, 0.5) is 0 Å². The van der Waals surface area contributed by atoms with Crippen LogP contribution < -0.4 is 10.1 Å². The van der Waals surface area contributed by atoms with Gasteiger partial charge in [-0.3, -0.25) is 0 Å². The van der Waals surface area contributed by atoms with E-state index in [1.807, 2.05) is 0 Å². The van der Waals surface area contributed by atoms with E-state index in [1.54, 1.807) is 19.2 Å². The van der Waals surface area contributed by atoms with Crippen LogP contribution in [0.25, 0.3) is 0 Å². The second-order valence-corrected chi connectivity index (χ2v) is 7.92. The fourth-order valence-electron chi connectivity index (χ4n) is 3.01. The lowest BCUT2D eigenvalue weighted by atomic mass is 9.90. The fraction of sp³-hybridized carbons (Fsp3) is 0.294. The van der Waals surface area contributed by atoms with Crippen molar-refractivity contribution in [2.75, 3.05) is 13.7 Å². The minimum Gasteiger partial charge on any atom is -0.504 e. The van der Waals surface area contributed by atoms with Gasteiger partial charge in [0.15, 0.2) is 11.5 Å². The minimum absolute atomic E-state index is 0. The van der Waals surface area contributed by atoms with Gasteiger partial charge in [0.25, 0.3) is 0 Å². The highest BCUT2D eigenvalue weighted by Gasteiger charge is 2.22. The molecule has 0 bridgehead atoms. The second kappa shape index (κ2) is 8.29. The van der Waals surface area contributed by atoms with Crippen LogP contribution in [0.2, 0.25) is 0 Å². The van der Waals surface area contributed by atoms with Crippen molar-refractivity contribution >= 4 is 57.6 Å². The van der Waals surface area contributed by atoms with Gasteiger partial charge in [0, 0.05) is 6.04 Å². The summed E-state index contributed by atoms with van der Waals surface area (Å²) in [5, 5.41) is 23.0. The van der Waals surface area contributed by atoms with E-state index >= 15 is 0 Å². The maximum absolute atomic E-state index is 9.82. The van der Waals surface area contributed by atoms with Crippen LogP contribution >= 0.6 is 57.6 Å².